The zero-order chi connectivity index (χ0) is 8.16. The standard InChI is InChI=1S/C7H15NO2Si/c1-3-11(2)9-6-4-8-5-7-10-11/h3,8H,1,4-7H2,2H3. The van der Waals surface area contributed by atoms with Crippen molar-refractivity contribution in [2.24, 2.45) is 0 Å². The average Bonchev–Trinajstić information content (AvgIpc) is 1.98. The summed E-state index contributed by atoms with van der Waals surface area (Å²) in [6.07, 6.45) is 0. The smallest absolute Gasteiger partial charge is 0.361 e. The molecule has 0 radical (unpaired) electrons. The maximum Gasteiger partial charge on any atom is 0.361 e. The van der Waals surface area contributed by atoms with Gasteiger partial charge in [-0.05, 0) is 12.2 Å². The van der Waals surface area contributed by atoms with Gasteiger partial charge in [-0.3, -0.25) is 0 Å². The summed E-state index contributed by atoms with van der Waals surface area (Å²) in [7, 11) is -1.97. The lowest BCUT2D eigenvalue weighted by atomic mass is 10.6. The van der Waals surface area contributed by atoms with E-state index in [1.807, 2.05) is 12.2 Å². The fraction of sp³-hybridized carbons (Fsp3) is 0.714. The van der Waals surface area contributed by atoms with E-state index in [-0.39, 0.29) is 0 Å². The van der Waals surface area contributed by atoms with Crippen LogP contribution >= 0.6 is 0 Å². The molecule has 1 aliphatic heterocycles. The van der Waals surface area contributed by atoms with Gasteiger partial charge in [0.2, 0.25) is 0 Å². The molecule has 0 bridgehead atoms. The Morgan fingerprint density at radius 3 is 2.36 bits per heavy atom. The van der Waals surface area contributed by atoms with Crippen LogP contribution in [0.2, 0.25) is 6.55 Å². The Hall–Kier alpha value is -0.163. The molecule has 0 spiro atoms. The molecular weight excluding hydrogens is 158 g/mol. The summed E-state index contributed by atoms with van der Waals surface area (Å²) >= 11 is 0. The summed E-state index contributed by atoms with van der Waals surface area (Å²) in [6, 6.07) is 0. The minimum absolute atomic E-state index is 0.731. The maximum atomic E-state index is 5.56. The lowest BCUT2D eigenvalue weighted by molar-refractivity contribution is 0.166. The van der Waals surface area contributed by atoms with Crippen molar-refractivity contribution in [3.8, 4) is 0 Å². The van der Waals surface area contributed by atoms with Gasteiger partial charge in [0.25, 0.3) is 0 Å². The first-order chi connectivity index (χ1) is 5.27. The molecule has 1 fully saturated rings. The zero-order valence-electron chi connectivity index (χ0n) is 6.93. The Bertz CT molecular complexity index is 132. The Labute approximate surface area is 68.6 Å². The summed E-state index contributed by atoms with van der Waals surface area (Å²) in [5.74, 6) is 0. The van der Waals surface area contributed by atoms with Crippen LogP contribution in [0.1, 0.15) is 0 Å². The van der Waals surface area contributed by atoms with E-state index in [1.54, 1.807) is 0 Å². The molecule has 3 nitrogen and oxygen atoms in total. The van der Waals surface area contributed by atoms with Gasteiger partial charge in [-0.2, -0.15) is 0 Å². The van der Waals surface area contributed by atoms with E-state index in [9.17, 15) is 0 Å². The maximum absolute atomic E-state index is 5.56. The molecule has 4 heteroatoms. The van der Waals surface area contributed by atoms with E-state index >= 15 is 0 Å². The lowest BCUT2D eigenvalue weighted by Gasteiger charge is -2.26. The molecule has 1 N–H and O–H groups in total. The lowest BCUT2D eigenvalue weighted by Crippen LogP contribution is -2.43. The molecule has 0 aromatic carbocycles. The third kappa shape index (κ3) is 2.74. The molecular formula is C7H15NO2Si. The van der Waals surface area contributed by atoms with Crippen molar-refractivity contribution in [2.45, 2.75) is 6.55 Å². The van der Waals surface area contributed by atoms with Crippen molar-refractivity contribution >= 4 is 8.56 Å². The second kappa shape index (κ2) is 4.01. The van der Waals surface area contributed by atoms with Crippen LogP contribution in [0.3, 0.4) is 0 Å². The summed E-state index contributed by atoms with van der Waals surface area (Å²) in [5.41, 5.74) is 1.83. The van der Waals surface area contributed by atoms with Gasteiger partial charge >= 0.3 is 8.56 Å². The molecule has 0 atom stereocenters. The van der Waals surface area contributed by atoms with Gasteiger partial charge in [0.15, 0.2) is 0 Å². The molecule has 0 aromatic heterocycles. The van der Waals surface area contributed by atoms with E-state index in [4.69, 9.17) is 8.85 Å². The van der Waals surface area contributed by atoms with Gasteiger partial charge in [0.1, 0.15) is 0 Å². The minimum atomic E-state index is -1.97. The second-order valence-electron chi connectivity index (χ2n) is 2.67. The van der Waals surface area contributed by atoms with Gasteiger partial charge in [-0.25, -0.2) is 0 Å². The molecule has 0 aliphatic carbocycles. The first-order valence-electron chi connectivity index (χ1n) is 3.89. The number of hydrogen-bond donors (Lipinski definition) is 1. The van der Waals surface area contributed by atoms with Crippen LogP contribution in [0.15, 0.2) is 12.3 Å². The Kier molecular flexibility index (Phi) is 3.26. The van der Waals surface area contributed by atoms with Crippen LogP contribution in [0.25, 0.3) is 0 Å². The molecule has 1 heterocycles. The molecule has 0 amide bonds. The quantitative estimate of drug-likeness (QED) is 0.583. The predicted molar refractivity (Wildman–Crippen MR) is 46.6 cm³/mol. The summed E-state index contributed by atoms with van der Waals surface area (Å²) in [5, 5.41) is 3.19. The highest BCUT2D eigenvalue weighted by Crippen LogP contribution is 2.08. The van der Waals surface area contributed by atoms with E-state index in [1.165, 1.54) is 0 Å². The fourth-order valence-electron chi connectivity index (χ4n) is 0.936. The number of nitrogens with one attached hydrogen (secondary N) is 1. The molecule has 1 saturated heterocycles. The highest BCUT2D eigenvalue weighted by molar-refractivity contribution is 6.71. The van der Waals surface area contributed by atoms with Gasteiger partial charge < -0.3 is 14.2 Å². The van der Waals surface area contributed by atoms with Crippen molar-refractivity contribution in [1.29, 1.82) is 0 Å². The van der Waals surface area contributed by atoms with Crippen LogP contribution in [0.5, 0.6) is 0 Å². The monoisotopic (exact) mass is 173 g/mol. The Morgan fingerprint density at radius 2 is 1.91 bits per heavy atom. The number of rotatable bonds is 1. The van der Waals surface area contributed by atoms with Crippen LogP contribution in [-0.4, -0.2) is 34.9 Å². The first kappa shape index (κ1) is 8.93. The number of hydrogen-bond acceptors (Lipinski definition) is 3. The predicted octanol–water partition coefficient (Wildman–Crippen LogP) is 0.420. The normalized spacial score (nSPS) is 25.2. The molecule has 0 saturated carbocycles. The first-order valence-corrected chi connectivity index (χ1v) is 6.28. The van der Waals surface area contributed by atoms with Crippen molar-refractivity contribution < 1.29 is 8.85 Å². The highest BCUT2D eigenvalue weighted by Gasteiger charge is 2.27. The third-order valence-corrected chi connectivity index (χ3v) is 4.00. The van der Waals surface area contributed by atoms with Gasteiger partial charge in [0.05, 0.1) is 0 Å². The summed E-state index contributed by atoms with van der Waals surface area (Å²) < 4.78 is 11.1. The second-order valence-corrected chi connectivity index (χ2v) is 5.68. The molecule has 0 unspecified atom stereocenters. The van der Waals surface area contributed by atoms with Gasteiger partial charge in [-0.1, -0.05) is 0 Å². The molecule has 11 heavy (non-hydrogen) atoms. The van der Waals surface area contributed by atoms with Crippen molar-refractivity contribution in [1.82, 2.24) is 5.32 Å². The van der Waals surface area contributed by atoms with Gasteiger partial charge in [0, 0.05) is 26.3 Å². The topological polar surface area (TPSA) is 30.5 Å². The average molecular weight is 173 g/mol. The zero-order valence-corrected chi connectivity index (χ0v) is 7.93. The van der Waals surface area contributed by atoms with Gasteiger partial charge in [-0.15, -0.1) is 6.58 Å². The van der Waals surface area contributed by atoms with E-state index in [0.29, 0.717) is 0 Å². The van der Waals surface area contributed by atoms with Crippen molar-refractivity contribution in [3.63, 3.8) is 0 Å². The minimum Gasteiger partial charge on any atom is -0.390 e. The molecule has 64 valence electrons. The van der Waals surface area contributed by atoms with E-state index < -0.39 is 8.56 Å². The van der Waals surface area contributed by atoms with Crippen LogP contribution in [-0.2, 0) is 8.85 Å². The Balaban J connectivity index is 2.43. The summed E-state index contributed by atoms with van der Waals surface area (Å²) in [4.78, 5) is 0. The molecule has 1 aliphatic rings. The highest BCUT2D eigenvalue weighted by atomic mass is 28.4. The summed E-state index contributed by atoms with van der Waals surface area (Å²) in [6.45, 7) is 9.03. The molecule has 0 aromatic rings. The van der Waals surface area contributed by atoms with Crippen LogP contribution in [0.4, 0.5) is 0 Å². The van der Waals surface area contributed by atoms with E-state index in [0.717, 1.165) is 26.3 Å². The Morgan fingerprint density at radius 1 is 1.36 bits per heavy atom. The van der Waals surface area contributed by atoms with Crippen LogP contribution < -0.4 is 5.32 Å². The van der Waals surface area contributed by atoms with Crippen LogP contribution in [0, 0.1) is 0 Å². The SMILES string of the molecule is C=C[Si]1(C)OCCNCCO1. The third-order valence-electron chi connectivity index (χ3n) is 1.71. The largest absolute Gasteiger partial charge is 0.390 e. The van der Waals surface area contributed by atoms with Crippen molar-refractivity contribution in [3.05, 3.63) is 12.3 Å². The van der Waals surface area contributed by atoms with E-state index in [2.05, 4.69) is 11.9 Å². The fourth-order valence-corrected chi connectivity index (χ4v) is 2.27. The molecule has 1 rings (SSSR count). The van der Waals surface area contributed by atoms with Crippen molar-refractivity contribution in [2.75, 3.05) is 26.3 Å².